The fourth-order valence-corrected chi connectivity index (χ4v) is 3.84. The number of hydrogen-bond donors (Lipinski definition) is 0. The van der Waals surface area contributed by atoms with Crippen molar-refractivity contribution in [2.24, 2.45) is 0 Å². The van der Waals surface area contributed by atoms with Crippen LogP contribution in [-0.2, 0) is 15.9 Å². The summed E-state index contributed by atoms with van der Waals surface area (Å²) in [7, 11) is -1.84. The summed E-state index contributed by atoms with van der Waals surface area (Å²) in [6.45, 7) is 2.56. The average Bonchev–Trinajstić information content (AvgIpc) is 2.36. The molecule has 0 aliphatic carbocycles. The Kier molecular flexibility index (Phi) is 6.11. The van der Waals surface area contributed by atoms with E-state index in [1.54, 1.807) is 19.2 Å². The Morgan fingerprint density at radius 3 is 2.61 bits per heavy atom. The van der Waals surface area contributed by atoms with Gasteiger partial charge < -0.3 is 0 Å². The number of hydrogen-bond acceptors (Lipinski definition) is 2. The summed E-state index contributed by atoms with van der Waals surface area (Å²) in [4.78, 5) is 0.277. The third-order valence-electron chi connectivity index (χ3n) is 2.66. The van der Waals surface area contributed by atoms with Crippen LogP contribution < -0.4 is 0 Å². The third kappa shape index (κ3) is 3.70. The lowest BCUT2D eigenvalue weighted by atomic mass is 10.2. The van der Waals surface area contributed by atoms with Gasteiger partial charge in [0.2, 0.25) is 10.0 Å². The number of nitrogens with zero attached hydrogens (tertiary/aromatic N) is 1. The number of rotatable bonds is 6. The zero-order valence-electron chi connectivity index (χ0n) is 10.5. The first-order valence-corrected chi connectivity index (χ1v) is 8.51. The SMILES string of the molecule is CCCCN(C)S(=O)(=O)c1cc(CCl)ccc1Br. The van der Waals surface area contributed by atoms with Crippen LogP contribution in [0.3, 0.4) is 0 Å². The highest BCUT2D eigenvalue weighted by Gasteiger charge is 2.23. The van der Waals surface area contributed by atoms with E-state index in [0.29, 0.717) is 16.9 Å². The molecule has 0 aromatic heterocycles. The van der Waals surface area contributed by atoms with E-state index in [2.05, 4.69) is 15.9 Å². The zero-order valence-corrected chi connectivity index (χ0v) is 13.6. The number of alkyl halides is 1. The van der Waals surface area contributed by atoms with E-state index < -0.39 is 10.0 Å². The molecule has 1 aromatic carbocycles. The summed E-state index contributed by atoms with van der Waals surface area (Å²) in [6.07, 6.45) is 1.81. The second-order valence-corrected chi connectivity index (χ2v) is 7.21. The van der Waals surface area contributed by atoms with Crippen molar-refractivity contribution in [3.8, 4) is 0 Å². The quantitative estimate of drug-likeness (QED) is 0.732. The van der Waals surface area contributed by atoms with Crippen LogP contribution in [0.2, 0.25) is 0 Å². The van der Waals surface area contributed by atoms with Gasteiger partial charge in [0.15, 0.2) is 0 Å². The van der Waals surface area contributed by atoms with Gasteiger partial charge in [-0.05, 0) is 40.0 Å². The molecule has 0 spiro atoms. The van der Waals surface area contributed by atoms with Crippen molar-refractivity contribution in [2.75, 3.05) is 13.6 Å². The Morgan fingerprint density at radius 1 is 1.39 bits per heavy atom. The highest BCUT2D eigenvalue weighted by Crippen LogP contribution is 2.26. The molecule has 0 saturated carbocycles. The van der Waals surface area contributed by atoms with Crippen molar-refractivity contribution in [1.82, 2.24) is 4.31 Å². The van der Waals surface area contributed by atoms with Gasteiger partial charge in [-0.2, -0.15) is 0 Å². The largest absolute Gasteiger partial charge is 0.243 e. The van der Waals surface area contributed by atoms with Crippen molar-refractivity contribution < 1.29 is 8.42 Å². The van der Waals surface area contributed by atoms with Crippen molar-refractivity contribution in [3.05, 3.63) is 28.2 Å². The van der Waals surface area contributed by atoms with E-state index in [0.717, 1.165) is 18.4 Å². The van der Waals surface area contributed by atoms with Crippen LogP contribution in [0.4, 0.5) is 0 Å². The summed E-state index contributed by atoms with van der Waals surface area (Å²) in [6, 6.07) is 5.15. The van der Waals surface area contributed by atoms with Crippen LogP contribution in [0, 0.1) is 0 Å². The molecule has 0 amide bonds. The monoisotopic (exact) mass is 353 g/mol. The van der Waals surface area contributed by atoms with Gasteiger partial charge in [-0.15, -0.1) is 11.6 Å². The van der Waals surface area contributed by atoms with E-state index in [1.807, 2.05) is 13.0 Å². The van der Waals surface area contributed by atoms with Crippen molar-refractivity contribution in [3.63, 3.8) is 0 Å². The lowest BCUT2D eigenvalue weighted by molar-refractivity contribution is 0.459. The molecule has 0 aliphatic heterocycles. The first-order chi connectivity index (χ1) is 8.43. The van der Waals surface area contributed by atoms with E-state index in [-0.39, 0.29) is 4.90 Å². The fourth-order valence-electron chi connectivity index (χ4n) is 1.50. The van der Waals surface area contributed by atoms with Crippen LogP contribution in [0.15, 0.2) is 27.6 Å². The number of sulfonamides is 1. The van der Waals surface area contributed by atoms with Crippen molar-refractivity contribution >= 4 is 37.6 Å². The van der Waals surface area contributed by atoms with Gasteiger partial charge in [-0.3, -0.25) is 0 Å². The smallest absolute Gasteiger partial charge is 0.207 e. The second-order valence-electron chi connectivity index (χ2n) is 4.08. The van der Waals surface area contributed by atoms with E-state index in [1.165, 1.54) is 4.31 Å². The Hall–Kier alpha value is -0.100. The first kappa shape index (κ1) is 16.0. The first-order valence-electron chi connectivity index (χ1n) is 5.74. The Morgan fingerprint density at radius 2 is 2.06 bits per heavy atom. The molecule has 18 heavy (non-hydrogen) atoms. The maximum atomic E-state index is 12.4. The fraction of sp³-hybridized carbons (Fsp3) is 0.500. The van der Waals surface area contributed by atoms with Crippen LogP contribution in [-0.4, -0.2) is 26.3 Å². The molecule has 0 aliphatic rings. The Bertz CT molecular complexity index is 505. The molecular formula is C12H17BrClNO2S. The standard InChI is InChI=1S/C12H17BrClNO2S/c1-3-4-7-15(2)18(16,17)12-8-10(9-14)5-6-11(12)13/h5-6,8H,3-4,7,9H2,1-2H3. The minimum atomic E-state index is -3.45. The minimum Gasteiger partial charge on any atom is -0.207 e. The molecule has 102 valence electrons. The van der Waals surface area contributed by atoms with Crippen LogP contribution >= 0.6 is 27.5 Å². The predicted molar refractivity (Wildman–Crippen MR) is 78.4 cm³/mol. The number of unbranched alkanes of at least 4 members (excludes halogenated alkanes) is 1. The summed E-state index contributed by atoms with van der Waals surface area (Å²) in [5, 5.41) is 0. The molecular weight excluding hydrogens is 338 g/mol. The summed E-state index contributed by atoms with van der Waals surface area (Å²) in [5.74, 6) is 0.300. The molecule has 0 heterocycles. The van der Waals surface area contributed by atoms with Crippen molar-refractivity contribution in [2.45, 2.75) is 30.5 Å². The molecule has 0 saturated heterocycles. The van der Waals surface area contributed by atoms with Gasteiger partial charge in [-0.1, -0.05) is 19.4 Å². The van der Waals surface area contributed by atoms with E-state index >= 15 is 0 Å². The molecule has 0 N–H and O–H groups in total. The highest BCUT2D eigenvalue weighted by molar-refractivity contribution is 9.10. The summed E-state index contributed by atoms with van der Waals surface area (Å²) >= 11 is 9.02. The highest BCUT2D eigenvalue weighted by atomic mass is 79.9. The van der Waals surface area contributed by atoms with Gasteiger partial charge in [-0.25, -0.2) is 12.7 Å². The van der Waals surface area contributed by atoms with Gasteiger partial charge in [0.1, 0.15) is 0 Å². The minimum absolute atomic E-state index is 0.277. The molecule has 3 nitrogen and oxygen atoms in total. The van der Waals surface area contributed by atoms with E-state index in [9.17, 15) is 8.42 Å². The number of benzene rings is 1. The Balaban J connectivity index is 3.11. The third-order valence-corrected chi connectivity index (χ3v) is 5.82. The molecule has 6 heteroatoms. The van der Waals surface area contributed by atoms with Gasteiger partial charge in [0.05, 0.1) is 4.90 Å². The zero-order chi connectivity index (χ0) is 13.8. The van der Waals surface area contributed by atoms with Gasteiger partial charge in [0, 0.05) is 23.9 Å². The van der Waals surface area contributed by atoms with Crippen molar-refractivity contribution in [1.29, 1.82) is 0 Å². The normalized spacial score (nSPS) is 12.1. The number of halogens is 2. The molecule has 0 bridgehead atoms. The topological polar surface area (TPSA) is 37.4 Å². The maximum absolute atomic E-state index is 12.4. The molecule has 0 unspecified atom stereocenters. The summed E-state index contributed by atoms with van der Waals surface area (Å²) in [5.41, 5.74) is 0.794. The maximum Gasteiger partial charge on any atom is 0.243 e. The van der Waals surface area contributed by atoms with Crippen LogP contribution in [0.5, 0.6) is 0 Å². The lowest BCUT2D eigenvalue weighted by Crippen LogP contribution is -2.28. The van der Waals surface area contributed by atoms with Crippen LogP contribution in [0.1, 0.15) is 25.3 Å². The molecule has 0 fully saturated rings. The average molecular weight is 355 g/mol. The van der Waals surface area contributed by atoms with Crippen LogP contribution in [0.25, 0.3) is 0 Å². The van der Waals surface area contributed by atoms with E-state index in [4.69, 9.17) is 11.6 Å². The predicted octanol–water partition coefficient (Wildman–Crippen LogP) is 3.61. The molecule has 1 rings (SSSR count). The molecule has 1 aromatic rings. The summed E-state index contributed by atoms with van der Waals surface area (Å²) < 4.78 is 26.7. The molecule has 0 atom stereocenters. The molecule has 0 radical (unpaired) electrons. The Labute approximate surface area is 122 Å². The second kappa shape index (κ2) is 6.89. The van der Waals surface area contributed by atoms with Gasteiger partial charge in [0.25, 0.3) is 0 Å². The van der Waals surface area contributed by atoms with Gasteiger partial charge >= 0.3 is 0 Å². The lowest BCUT2D eigenvalue weighted by Gasteiger charge is -2.18.